The van der Waals surface area contributed by atoms with Crippen LogP contribution in [0.15, 0.2) is 72.8 Å². The lowest BCUT2D eigenvalue weighted by molar-refractivity contribution is -0.166. The Hall–Kier alpha value is -4.71. The van der Waals surface area contributed by atoms with E-state index in [1.54, 1.807) is 30.3 Å². The molecular weight excluding hydrogens is 641 g/mol. The summed E-state index contributed by atoms with van der Waals surface area (Å²) in [6.45, 7) is 8.35. The number of ether oxygens (including phenoxy) is 3. The molecule has 0 bridgehead atoms. The molecule has 49 heavy (non-hydrogen) atoms. The quantitative estimate of drug-likeness (QED) is 0.183. The van der Waals surface area contributed by atoms with E-state index in [1.165, 1.54) is 32.0 Å². The number of para-hydroxylation sites is 1. The van der Waals surface area contributed by atoms with Crippen LogP contribution >= 0.6 is 0 Å². The maximum Gasteiger partial charge on any atom is 0.418 e. The molecule has 0 radical (unpaired) electrons. The third kappa shape index (κ3) is 5.46. The molecule has 1 amide bonds. The van der Waals surface area contributed by atoms with Crippen molar-refractivity contribution in [3.05, 3.63) is 101 Å². The summed E-state index contributed by atoms with van der Waals surface area (Å²) in [5, 5.41) is 2.87. The third-order valence-electron chi connectivity index (χ3n) is 9.36. The van der Waals surface area contributed by atoms with Gasteiger partial charge in [-0.25, -0.2) is 9.59 Å². The molecule has 9 nitrogen and oxygen atoms in total. The largest absolute Gasteiger partial charge is 0.468 e. The number of fused-ring (bicyclic) bond motifs is 2. The number of anilines is 1. The fourth-order valence-electron chi connectivity index (χ4n) is 7.16. The van der Waals surface area contributed by atoms with Gasteiger partial charge in [-0.2, -0.15) is 13.2 Å². The highest BCUT2D eigenvalue weighted by Gasteiger charge is 2.80. The number of amides is 1. The number of nitrogens with one attached hydrogen (secondary N) is 1. The standard InChI is InChI=1S/C37H39F3N2O7/c1-7-48-31(45)35(32(46)49-8-2)22-34(30(44)47-6,25-13-10-9-11-14-25)36(41-35)26-15-12-16-27(37(38,39)40)28(26)42(29(36)43)21-23-17-19-24(20-18-23)33(3,4)5/h9-20,41H,7-8,21-22H2,1-6H3/t34-,36+/m1/s1. The van der Waals surface area contributed by atoms with E-state index in [9.17, 15) is 27.6 Å². The van der Waals surface area contributed by atoms with Gasteiger partial charge in [-0.1, -0.05) is 87.5 Å². The summed E-state index contributed by atoms with van der Waals surface area (Å²) >= 11 is 0. The number of hydrogen-bond donors (Lipinski definition) is 1. The van der Waals surface area contributed by atoms with Crippen molar-refractivity contribution in [1.29, 1.82) is 0 Å². The molecule has 260 valence electrons. The average molecular weight is 681 g/mol. The summed E-state index contributed by atoms with van der Waals surface area (Å²) in [4.78, 5) is 58.6. The molecule has 5 rings (SSSR count). The van der Waals surface area contributed by atoms with Gasteiger partial charge < -0.3 is 19.1 Å². The van der Waals surface area contributed by atoms with E-state index >= 15 is 4.79 Å². The van der Waals surface area contributed by atoms with Gasteiger partial charge in [-0.3, -0.25) is 14.9 Å². The second-order valence-corrected chi connectivity index (χ2v) is 13.2. The molecule has 1 spiro atoms. The number of halogens is 3. The van der Waals surface area contributed by atoms with Crippen molar-refractivity contribution in [3.63, 3.8) is 0 Å². The average Bonchev–Trinajstić information content (AvgIpc) is 3.52. The first kappa shape index (κ1) is 35.6. The summed E-state index contributed by atoms with van der Waals surface area (Å²) < 4.78 is 60.7. The molecule has 3 aromatic rings. The van der Waals surface area contributed by atoms with Crippen LogP contribution in [0.3, 0.4) is 0 Å². The first-order valence-corrected chi connectivity index (χ1v) is 15.9. The minimum Gasteiger partial charge on any atom is -0.468 e. The number of hydrogen-bond acceptors (Lipinski definition) is 8. The van der Waals surface area contributed by atoms with Crippen molar-refractivity contribution < 1.29 is 46.6 Å². The molecule has 12 heteroatoms. The van der Waals surface area contributed by atoms with Gasteiger partial charge in [-0.15, -0.1) is 0 Å². The zero-order chi connectivity index (χ0) is 36.0. The van der Waals surface area contributed by atoms with Crippen LogP contribution in [-0.4, -0.2) is 49.7 Å². The Labute approximate surface area is 282 Å². The molecule has 3 aromatic carbocycles. The monoisotopic (exact) mass is 680 g/mol. The highest BCUT2D eigenvalue weighted by atomic mass is 19.4. The maximum atomic E-state index is 15.3. The summed E-state index contributed by atoms with van der Waals surface area (Å²) in [5.74, 6) is -4.38. The van der Waals surface area contributed by atoms with E-state index in [4.69, 9.17) is 14.2 Å². The fourth-order valence-corrected chi connectivity index (χ4v) is 7.16. The zero-order valence-electron chi connectivity index (χ0n) is 28.2. The first-order valence-electron chi connectivity index (χ1n) is 15.9. The lowest BCUT2D eigenvalue weighted by Gasteiger charge is -2.40. The van der Waals surface area contributed by atoms with E-state index in [1.807, 2.05) is 32.9 Å². The van der Waals surface area contributed by atoms with Gasteiger partial charge in [0, 0.05) is 12.0 Å². The zero-order valence-corrected chi connectivity index (χ0v) is 28.2. The molecule has 0 saturated carbocycles. The van der Waals surface area contributed by atoms with Gasteiger partial charge in [0.15, 0.2) is 0 Å². The summed E-state index contributed by atoms with van der Waals surface area (Å²) in [5.41, 5.74) is -7.80. The minimum absolute atomic E-state index is 0.123. The normalized spacial score (nSPS) is 21.4. The van der Waals surface area contributed by atoms with Crippen LogP contribution in [0.5, 0.6) is 0 Å². The van der Waals surface area contributed by atoms with Crippen LogP contribution in [0, 0.1) is 0 Å². The highest BCUT2D eigenvalue weighted by molar-refractivity contribution is 6.17. The van der Waals surface area contributed by atoms with E-state index in [0.717, 1.165) is 29.7 Å². The summed E-state index contributed by atoms with van der Waals surface area (Å²) in [7, 11) is 1.07. The van der Waals surface area contributed by atoms with Crippen LogP contribution in [0.2, 0.25) is 0 Å². The highest BCUT2D eigenvalue weighted by Crippen LogP contribution is 2.62. The molecule has 0 aliphatic carbocycles. The third-order valence-corrected chi connectivity index (χ3v) is 9.36. The Kier molecular flexibility index (Phi) is 9.18. The maximum absolute atomic E-state index is 15.3. The van der Waals surface area contributed by atoms with Crippen molar-refractivity contribution in [3.8, 4) is 0 Å². The van der Waals surface area contributed by atoms with Crippen LogP contribution in [0.1, 0.15) is 68.9 Å². The van der Waals surface area contributed by atoms with Crippen molar-refractivity contribution in [2.45, 2.75) is 75.7 Å². The smallest absolute Gasteiger partial charge is 0.418 e. The number of alkyl halides is 3. The van der Waals surface area contributed by atoms with Gasteiger partial charge in [0.05, 0.1) is 38.1 Å². The van der Waals surface area contributed by atoms with Crippen LogP contribution in [0.4, 0.5) is 18.9 Å². The molecule has 2 heterocycles. The molecule has 1 saturated heterocycles. The van der Waals surface area contributed by atoms with E-state index in [2.05, 4.69) is 5.32 Å². The van der Waals surface area contributed by atoms with Crippen molar-refractivity contribution >= 4 is 29.5 Å². The lowest BCUT2D eigenvalue weighted by Crippen LogP contribution is -2.65. The van der Waals surface area contributed by atoms with E-state index < -0.39 is 64.2 Å². The number of benzene rings is 3. The Morgan fingerprint density at radius 3 is 1.94 bits per heavy atom. The molecule has 2 atom stereocenters. The SMILES string of the molecule is CCOC(=O)C1(C(=O)OCC)C[C@](C(=O)OC)(c2ccccc2)[C@@]2(N1)C(=O)N(Cc1ccc(C(C)(C)C)cc1)c1c(C(F)(F)F)cccc12. The Balaban J connectivity index is 1.89. The van der Waals surface area contributed by atoms with Crippen molar-refractivity contribution in [2.75, 3.05) is 25.2 Å². The lowest BCUT2D eigenvalue weighted by atomic mass is 9.62. The number of methoxy groups -OCH3 is 1. The van der Waals surface area contributed by atoms with Crippen molar-refractivity contribution in [2.24, 2.45) is 0 Å². The Morgan fingerprint density at radius 2 is 1.43 bits per heavy atom. The molecule has 0 unspecified atom stereocenters. The number of rotatable bonds is 8. The van der Waals surface area contributed by atoms with Crippen LogP contribution in [-0.2, 0) is 62.5 Å². The van der Waals surface area contributed by atoms with Gasteiger partial charge >= 0.3 is 24.1 Å². The second kappa shape index (κ2) is 12.6. The van der Waals surface area contributed by atoms with E-state index in [-0.39, 0.29) is 36.3 Å². The van der Waals surface area contributed by atoms with Gasteiger partial charge in [0.2, 0.25) is 5.54 Å². The number of esters is 3. The first-order chi connectivity index (χ1) is 23.0. The predicted octanol–water partition coefficient (Wildman–Crippen LogP) is 5.71. The predicted molar refractivity (Wildman–Crippen MR) is 173 cm³/mol. The molecule has 0 aromatic heterocycles. The Bertz CT molecular complexity index is 1750. The fraction of sp³-hybridized carbons (Fsp3) is 0.405. The van der Waals surface area contributed by atoms with Gasteiger partial charge in [0.25, 0.3) is 5.91 Å². The molecular formula is C37H39F3N2O7. The summed E-state index contributed by atoms with van der Waals surface area (Å²) in [6, 6.07) is 18.2. The number of carbonyl (C=O) groups excluding carboxylic acids is 4. The number of nitrogens with zero attached hydrogens (tertiary/aromatic N) is 1. The topological polar surface area (TPSA) is 111 Å². The molecule has 1 fully saturated rings. The number of carbonyl (C=O) groups is 4. The van der Waals surface area contributed by atoms with Gasteiger partial charge in [0.1, 0.15) is 11.0 Å². The van der Waals surface area contributed by atoms with Crippen LogP contribution < -0.4 is 10.2 Å². The minimum atomic E-state index is -4.94. The molecule has 1 N–H and O–H groups in total. The van der Waals surface area contributed by atoms with E-state index in [0.29, 0.717) is 5.56 Å². The van der Waals surface area contributed by atoms with Crippen LogP contribution in [0.25, 0.3) is 0 Å². The molecule has 2 aliphatic heterocycles. The second-order valence-electron chi connectivity index (χ2n) is 13.2. The molecule has 2 aliphatic rings. The van der Waals surface area contributed by atoms with Gasteiger partial charge in [-0.05, 0) is 42.0 Å². The summed E-state index contributed by atoms with van der Waals surface area (Å²) in [6.07, 6.45) is -5.70. The van der Waals surface area contributed by atoms with Crippen molar-refractivity contribution in [1.82, 2.24) is 5.32 Å². The Morgan fingerprint density at radius 1 is 0.837 bits per heavy atom.